The van der Waals surface area contributed by atoms with Crippen LogP contribution < -0.4 is 0 Å². The van der Waals surface area contributed by atoms with Crippen LogP contribution in [0.4, 0.5) is 4.79 Å². The van der Waals surface area contributed by atoms with Crippen molar-refractivity contribution >= 4 is 11.9 Å². The van der Waals surface area contributed by atoms with Crippen molar-refractivity contribution in [2.24, 2.45) is 0 Å². The molecule has 2 atom stereocenters. The van der Waals surface area contributed by atoms with E-state index in [1.54, 1.807) is 4.90 Å². The molecule has 0 aliphatic carbocycles. The van der Waals surface area contributed by atoms with Gasteiger partial charge in [-0.3, -0.25) is 9.69 Å². The summed E-state index contributed by atoms with van der Waals surface area (Å²) in [4.78, 5) is 28.2. The lowest BCUT2D eigenvalue weighted by molar-refractivity contribution is -0.118. The predicted octanol–water partition coefficient (Wildman–Crippen LogP) is 2.17. The first-order valence-corrected chi connectivity index (χ1v) is 7.11. The molecule has 0 spiro atoms. The van der Waals surface area contributed by atoms with Crippen LogP contribution >= 0.6 is 0 Å². The number of hydrogen-bond acceptors (Lipinski definition) is 4. The van der Waals surface area contributed by atoms with Gasteiger partial charge < -0.3 is 9.64 Å². The van der Waals surface area contributed by atoms with Crippen molar-refractivity contribution in [2.45, 2.75) is 57.7 Å². The molecule has 2 heterocycles. The molecule has 0 saturated carbocycles. The zero-order valence-corrected chi connectivity index (χ0v) is 13.0. The lowest BCUT2D eigenvalue weighted by Crippen LogP contribution is -2.50. The molecule has 2 rings (SSSR count). The molecule has 2 bridgehead atoms. The van der Waals surface area contributed by atoms with Crippen LogP contribution in [0.15, 0.2) is 11.8 Å². The van der Waals surface area contributed by atoms with Gasteiger partial charge in [-0.15, -0.1) is 0 Å². The summed E-state index contributed by atoms with van der Waals surface area (Å²) in [6.45, 7) is 5.58. The topological polar surface area (TPSA) is 49.9 Å². The van der Waals surface area contributed by atoms with E-state index in [9.17, 15) is 9.59 Å². The number of amides is 1. The van der Waals surface area contributed by atoms with Crippen LogP contribution in [-0.4, -0.2) is 53.5 Å². The molecule has 5 nitrogen and oxygen atoms in total. The smallest absolute Gasteiger partial charge is 0.411 e. The molecule has 112 valence electrons. The van der Waals surface area contributed by atoms with Crippen LogP contribution in [0.25, 0.3) is 0 Å². The Kier molecular flexibility index (Phi) is 3.80. The van der Waals surface area contributed by atoms with Crippen LogP contribution in [0.5, 0.6) is 0 Å². The highest BCUT2D eigenvalue weighted by Crippen LogP contribution is 2.38. The Balaban J connectivity index is 2.23. The molecule has 0 aromatic carbocycles. The monoisotopic (exact) mass is 280 g/mol. The first kappa shape index (κ1) is 14.9. The summed E-state index contributed by atoms with van der Waals surface area (Å²) in [7, 11) is 3.78. The molecule has 5 heteroatoms. The highest BCUT2D eigenvalue weighted by molar-refractivity contribution is 5.99. The molecule has 0 N–H and O–H groups in total. The minimum atomic E-state index is -0.511. The van der Waals surface area contributed by atoms with Crippen molar-refractivity contribution < 1.29 is 14.3 Å². The van der Waals surface area contributed by atoms with Crippen LogP contribution in [0.3, 0.4) is 0 Å². The van der Waals surface area contributed by atoms with E-state index in [1.807, 2.05) is 46.0 Å². The number of ether oxygens (including phenoxy) is 1. The molecular formula is C15H24N2O3. The average Bonchev–Trinajstić information content (AvgIpc) is 2.59. The Morgan fingerprint density at radius 1 is 1.35 bits per heavy atom. The molecule has 1 amide bonds. The maximum absolute atomic E-state index is 12.4. The SMILES string of the molecule is CN(C)C=C1C(=O)CC2CCC1N2C(=O)OC(C)(C)C. The summed E-state index contributed by atoms with van der Waals surface area (Å²) in [5, 5.41) is 0. The van der Waals surface area contributed by atoms with E-state index >= 15 is 0 Å². The summed E-state index contributed by atoms with van der Waals surface area (Å²) < 4.78 is 5.48. The van der Waals surface area contributed by atoms with E-state index in [0.29, 0.717) is 6.42 Å². The summed E-state index contributed by atoms with van der Waals surface area (Å²) in [6.07, 6.45) is 3.67. The first-order valence-electron chi connectivity index (χ1n) is 7.11. The molecule has 0 radical (unpaired) electrons. The van der Waals surface area contributed by atoms with Crippen molar-refractivity contribution in [3.63, 3.8) is 0 Å². The number of carbonyl (C=O) groups excluding carboxylic acids is 2. The zero-order valence-electron chi connectivity index (χ0n) is 13.0. The lowest BCUT2D eigenvalue weighted by Gasteiger charge is -2.37. The predicted molar refractivity (Wildman–Crippen MR) is 76.3 cm³/mol. The van der Waals surface area contributed by atoms with Gasteiger partial charge in [-0.2, -0.15) is 0 Å². The minimum Gasteiger partial charge on any atom is -0.444 e. The number of Topliss-reactive ketones (excluding diaryl/α,β-unsaturated/α-hetero) is 1. The number of hydrogen-bond donors (Lipinski definition) is 0. The van der Waals surface area contributed by atoms with Crippen LogP contribution in [0, 0.1) is 0 Å². The highest BCUT2D eigenvalue weighted by atomic mass is 16.6. The van der Waals surface area contributed by atoms with Gasteiger partial charge in [0.25, 0.3) is 0 Å². The van der Waals surface area contributed by atoms with Crippen LogP contribution in [-0.2, 0) is 9.53 Å². The summed E-state index contributed by atoms with van der Waals surface area (Å²) >= 11 is 0. The van der Waals surface area contributed by atoms with Gasteiger partial charge in [-0.1, -0.05) is 0 Å². The van der Waals surface area contributed by atoms with E-state index in [4.69, 9.17) is 4.74 Å². The molecule has 2 aliphatic heterocycles. The molecule has 2 aliphatic rings. The molecule has 2 unspecified atom stereocenters. The Labute approximate surface area is 120 Å². The second-order valence-electron chi connectivity index (χ2n) is 6.81. The molecular weight excluding hydrogens is 256 g/mol. The van der Waals surface area contributed by atoms with Gasteiger partial charge in [0.2, 0.25) is 0 Å². The number of carbonyl (C=O) groups is 2. The third-order valence-electron chi connectivity index (χ3n) is 3.61. The van der Waals surface area contributed by atoms with Crippen molar-refractivity contribution in [1.82, 2.24) is 9.80 Å². The lowest BCUT2D eigenvalue weighted by atomic mass is 9.96. The average molecular weight is 280 g/mol. The van der Waals surface area contributed by atoms with Gasteiger partial charge in [0.15, 0.2) is 5.78 Å². The molecule has 2 saturated heterocycles. The molecule has 2 fully saturated rings. The number of ketones is 1. The van der Waals surface area contributed by atoms with Gasteiger partial charge in [-0.05, 0) is 33.6 Å². The van der Waals surface area contributed by atoms with Gasteiger partial charge in [-0.25, -0.2) is 4.79 Å². The quantitative estimate of drug-likeness (QED) is 0.691. The number of rotatable bonds is 1. The zero-order chi connectivity index (χ0) is 15.1. The summed E-state index contributed by atoms with van der Waals surface area (Å²) in [5.74, 6) is 0.158. The fourth-order valence-corrected chi connectivity index (χ4v) is 2.93. The van der Waals surface area contributed by atoms with E-state index in [1.165, 1.54) is 0 Å². The first-order chi connectivity index (χ1) is 9.19. The molecule has 0 aromatic heterocycles. The van der Waals surface area contributed by atoms with Crippen molar-refractivity contribution in [2.75, 3.05) is 14.1 Å². The minimum absolute atomic E-state index is 0.00154. The maximum atomic E-state index is 12.4. The fraction of sp³-hybridized carbons (Fsp3) is 0.733. The molecule has 20 heavy (non-hydrogen) atoms. The van der Waals surface area contributed by atoms with Crippen molar-refractivity contribution in [3.05, 3.63) is 11.8 Å². The third-order valence-corrected chi connectivity index (χ3v) is 3.61. The second-order valence-corrected chi connectivity index (χ2v) is 6.81. The number of piperidine rings is 1. The largest absolute Gasteiger partial charge is 0.444 e. The Hall–Kier alpha value is -1.52. The third kappa shape index (κ3) is 2.97. The van der Waals surface area contributed by atoms with E-state index in [2.05, 4.69) is 0 Å². The Morgan fingerprint density at radius 2 is 2.00 bits per heavy atom. The van der Waals surface area contributed by atoms with Crippen LogP contribution in [0.1, 0.15) is 40.0 Å². The summed E-state index contributed by atoms with van der Waals surface area (Å²) in [5.41, 5.74) is 0.221. The normalized spacial score (nSPS) is 27.9. The van der Waals surface area contributed by atoms with Crippen LogP contribution in [0.2, 0.25) is 0 Å². The van der Waals surface area contributed by atoms with Gasteiger partial charge in [0.05, 0.1) is 6.04 Å². The highest BCUT2D eigenvalue weighted by Gasteiger charge is 2.47. The summed E-state index contributed by atoms with van der Waals surface area (Å²) in [6, 6.07) is -0.125. The van der Waals surface area contributed by atoms with E-state index < -0.39 is 5.60 Å². The second kappa shape index (κ2) is 5.11. The Bertz CT molecular complexity index is 449. The van der Waals surface area contributed by atoms with E-state index in [-0.39, 0.29) is 24.0 Å². The van der Waals surface area contributed by atoms with Crippen molar-refractivity contribution in [3.8, 4) is 0 Å². The maximum Gasteiger partial charge on any atom is 0.411 e. The van der Waals surface area contributed by atoms with Gasteiger partial charge in [0.1, 0.15) is 5.60 Å². The van der Waals surface area contributed by atoms with E-state index in [0.717, 1.165) is 18.4 Å². The van der Waals surface area contributed by atoms with Gasteiger partial charge in [0, 0.05) is 38.3 Å². The van der Waals surface area contributed by atoms with Crippen molar-refractivity contribution in [1.29, 1.82) is 0 Å². The number of fused-ring (bicyclic) bond motifs is 2. The standard InChI is InChI=1S/C15H24N2O3/c1-15(2,3)20-14(19)17-10-6-7-12(17)11(9-16(4)5)13(18)8-10/h9-10,12H,6-8H2,1-5H3. The number of nitrogens with zero attached hydrogens (tertiary/aromatic N) is 2. The Morgan fingerprint density at radius 3 is 2.55 bits per heavy atom. The molecule has 0 aromatic rings. The van der Waals surface area contributed by atoms with Gasteiger partial charge >= 0.3 is 6.09 Å². The fourth-order valence-electron chi connectivity index (χ4n) is 2.93.